The Hall–Kier alpha value is -0.900. The Kier molecular flexibility index (Phi) is 3.14. The Morgan fingerprint density at radius 2 is 2.21 bits per heavy atom. The molecule has 3 heteroatoms. The van der Waals surface area contributed by atoms with E-state index in [9.17, 15) is 0 Å². The van der Waals surface area contributed by atoms with Gasteiger partial charge in [0.25, 0.3) is 0 Å². The van der Waals surface area contributed by atoms with Crippen molar-refractivity contribution in [2.24, 2.45) is 0 Å². The zero-order chi connectivity index (χ0) is 9.80. The molecule has 2 rings (SSSR count). The lowest BCUT2D eigenvalue weighted by Gasteiger charge is -2.02. The maximum atomic E-state index is 8.50. The predicted molar refractivity (Wildman–Crippen MR) is 58.6 cm³/mol. The van der Waals surface area contributed by atoms with Crippen molar-refractivity contribution < 1.29 is 9.84 Å². The summed E-state index contributed by atoms with van der Waals surface area (Å²) in [6.45, 7) is 0.380. The molecule has 0 atom stereocenters. The number of rotatable bonds is 4. The molecular formula is C11H12O2S. The number of fused-ring (bicyclic) bond motifs is 1. The van der Waals surface area contributed by atoms with E-state index >= 15 is 0 Å². The number of hydrogen-bond donors (Lipinski definition) is 1. The van der Waals surface area contributed by atoms with E-state index in [2.05, 4.69) is 29.6 Å². The molecule has 0 radical (unpaired) electrons. The van der Waals surface area contributed by atoms with Crippen molar-refractivity contribution >= 4 is 21.4 Å². The SMILES string of the molecule is OCOCCc1cccc2sccc12. The van der Waals surface area contributed by atoms with Crippen LogP contribution in [0.2, 0.25) is 0 Å². The Bertz CT molecular complexity index is 408. The fraction of sp³-hybridized carbons (Fsp3) is 0.273. The van der Waals surface area contributed by atoms with Crippen molar-refractivity contribution in [2.45, 2.75) is 6.42 Å². The lowest BCUT2D eigenvalue weighted by atomic mass is 10.1. The van der Waals surface area contributed by atoms with Crippen molar-refractivity contribution in [3.8, 4) is 0 Å². The Morgan fingerprint density at radius 3 is 3.07 bits per heavy atom. The molecule has 74 valence electrons. The minimum atomic E-state index is -0.195. The monoisotopic (exact) mass is 208 g/mol. The molecule has 0 spiro atoms. The lowest BCUT2D eigenvalue weighted by molar-refractivity contribution is 0.000351. The summed E-state index contributed by atoms with van der Waals surface area (Å²) in [5.41, 5.74) is 1.29. The third-order valence-electron chi connectivity index (χ3n) is 2.19. The second kappa shape index (κ2) is 4.55. The normalized spacial score (nSPS) is 10.9. The van der Waals surface area contributed by atoms with E-state index < -0.39 is 0 Å². The summed E-state index contributed by atoms with van der Waals surface area (Å²) < 4.78 is 6.23. The van der Waals surface area contributed by atoms with Gasteiger partial charge in [0, 0.05) is 4.70 Å². The highest BCUT2D eigenvalue weighted by atomic mass is 32.1. The van der Waals surface area contributed by atoms with Gasteiger partial charge in [0.2, 0.25) is 0 Å². The minimum Gasteiger partial charge on any atom is -0.371 e. The molecule has 1 aromatic heterocycles. The molecule has 0 saturated carbocycles. The van der Waals surface area contributed by atoms with E-state index in [1.165, 1.54) is 15.6 Å². The van der Waals surface area contributed by atoms with Gasteiger partial charge >= 0.3 is 0 Å². The lowest BCUT2D eigenvalue weighted by Crippen LogP contribution is -1.99. The maximum absolute atomic E-state index is 8.50. The summed E-state index contributed by atoms with van der Waals surface area (Å²) in [5, 5.41) is 11.9. The van der Waals surface area contributed by atoms with Gasteiger partial charge in [-0.15, -0.1) is 11.3 Å². The van der Waals surface area contributed by atoms with Gasteiger partial charge in [-0.1, -0.05) is 12.1 Å². The number of ether oxygens (including phenoxy) is 1. The Labute approximate surface area is 86.8 Å². The molecule has 0 amide bonds. The van der Waals surface area contributed by atoms with Crippen LogP contribution in [0.4, 0.5) is 0 Å². The van der Waals surface area contributed by atoms with Gasteiger partial charge in [-0.05, 0) is 34.9 Å². The summed E-state index contributed by atoms with van der Waals surface area (Å²) in [6, 6.07) is 8.42. The van der Waals surface area contributed by atoms with Gasteiger partial charge in [-0.3, -0.25) is 0 Å². The highest BCUT2D eigenvalue weighted by Gasteiger charge is 2.00. The van der Waals surface area contributed by atoms with Crippen LogP contribution in [0.15, 0.2) is 29.6 Å². The number of aliphatic hydroxyl groups excluding tert-OH is 1. The Morgan fingerprint density at radius 1 is 1.29 bits per heavy atom. The van der Waals surface area contributed by atoms with Crippen LogP contribution in [0.3, 0.4) is 0 Å². The number of benzene rings is 1. The summed E-state index contributed by atoms with van der Waals surface area (Å²) in [5.74, 6) is 0. The van der Waals surface area contributed by atoms with Crippen LogP contribution in [0.25, 0.3) is 10.1 Å². The molecule has 1 aromatic carbocycles. The van der Waals surface area contributed by atoms with Crippen molar-refractivity contribution in [3.63, 3.8) is 0 Å². The summed E-state index contributed by atoms with van der Waals surface area (Å²) in [4.78, 5) is 0. The first-order chi connectivity index (χ1) is 6.92. The first-order valence-corrected chi connectivity index (χ1v) is 5.43. The zero-order valence-corrected chi connectivity index (χ0v) is 8.59. The average Bonchev–Trinajstić information content (AvgIpc) is 2.67. The average molecular weight is 208 g/mol. The van der Waals surface area contributed by atoms with Crippen LogP contribution in [0.1, 0.15) is 5.56 Å². The van der Waals surface area contributed by atoms with Gasteiger partial charge in [0.15, 0.2) is 0 Å². The second-order valence-corrected chi connectivity index (χ2v) is 3.98. The fourth-order valence-electron chi connectivity index (χ4n) is 1.52. The largest absolute Gasteiger partial charge is 0.371 e. The molecule has 2 nitrogen and oxygen atoms in total. The second-order valence-electron chi connectivity index (χ2n) is 3.04. The van der Waals surface area contributed by atoms with Crippen LogP contribution >= 0.6 is 11.3 Å². The van der Waals surface area contributed by atoms with Crippen LogP contribution < -0.4 is 0 Å². The van der Waals surface area contributed by atoms with Crippen molar-refractivity contribution in [1.29, 1.82) is 0 Å². The summed E-state index contributed by atoms with van der Waals surface area (Å²) in [6.07, 6.45) is 0.856. The van der Waals surface area contributed by atoms with Gasteiger partial charge in [0.05, 0.1) is 6.61 Å². The van der Waals surface area contributed by atoms with Crippen LogP contribution in [-0.4, -0.2) is 18.5 Å². The molecule has 1 N–H and O–H groups in total. The maximum Gasteiger partial charge on any atom is 0.143 e. The number of aliphatic hydroxyl groups is 1. The molecule has 0 aliphatic heterocycles. The van der Waals surface area contributed by atoms with Gasteiger partial charge in [-0.25, -0.2) is 0 Å². The molecule has 0 saturated heterocycles. The molecular weight excluding hydrogens is 196 g/mol. The molecule has 14 heavy (non-hydrogen) atoms. The molecule has 0 aliphatic carbocycles. The predicted octanol–water partition coefficient (Wildman–Crippen LogP) is 2.41. The topological polar surface area (TPSA) is 29.5 Å². The van der Waals surface area contributed by atoms with E-state index in [0.29, 0.717) is 6.61 Å². The Balaban J connectivity index is 2.19. The fourth-order valence-corrected chi connectivity index (χ4v) is 2.36. The first-order valence-electron chi connectivity index (χ1n) is 4.55. The third-order valence-corrected chi connectivity index (χ3v) is 3.08. The van der Waals surface area contributed by atoms with Crippen LogP contribution in [0.5, 0.6) is 0 Å². The van der Waals surface area contributed by atoms with Crippen LogP contribution in [-0.2, 0) is 11.2 Å². The summed E-state index contributed by atoms with van der Waals surface area (Å²) >= 11 is 1.75. The molecule has 0 bridgehead atoms. The molecule has 0 unspecified atom stereocenters. The number of thiophene rings is 1. The standard InChI is InChI=1S/C11H12O2S/c12-8-13-6-4-9-2-1-3-11-10(9)5-7-14-11/h1-3,5,7,12H,4,6,8H2. The van der Waals surface area contributed by atoms with Crippen LogP contribution in [0, 0.1) is 0 Å². The van der Waals surface area contributed by atoms with Gasteiger partial charge < -0.3 is 9.84 Å². The van der Waals surface area contributed by atoms with E-state index in [1.54, 1.807) is 11.3 Å². The van der Waals surface area contributed by atoms with E-state index in [1.807, 2.05) is 0 Å². The summed E-state index contributed by atoms with van der Waals surface area (Å²) in [7, 11) is 0. The van der Waals surface area contributed by atoms with E-state index in [0.717, 1.165) is 6.42 Å². The highest BCUT2D eigenvalue weighted by Crippen LogP contribution is 2.24. The molecule has 0 fully saturated rings. The third kappa shape index (κ3) is 1.95. The minimum absolute atomic E-state index is 0.195. The number of hydrogen-bond acceptors (Lipinski definition) is 3. The highest BCUT2D eigenvalue weighted by molar-refractivity contribution is 7.17. The van der Waals surface area contributed by atoms with Gasteiger partial charge in [0.1, 0.15) is 6.79 Å². The van der Waals surface area contributed by atoms with E-state index in [-0.39, 0.29) is 6.79 Å². The quantitative estimate of drug-likeness (QED) is 0.617. The smallest absolute Gasteiger partial charge is 0.143 e. The molecule has 2 aromatic rings. The van der Waals surface area contributed by atoms with Crippen molar-refractivity contribution in [2.75, 3.05) is 13.4 Å². The van der Waals surface area contributed by atoms with Crippen molar-refractivity contribution in [3.05, 3.63) is 35.2 Å². The van der Waals surface area contributed by atoms with E-state index in [4.69, 9.17) is 9.84 Å². The molecule has 0 aliphatic rings. The molecule has 1 heterocycles. The van der Waals surface area contributed by atoms with Gasteiger partial charge in [-0.2, -0.15) is 0 Å². The van der Waals surface area contributed by atoms with Crippen molar-refractivity contribution in [1.82, 2.24) is 0 Å². The zero-order valence-electron chi connectivity index (χ0n) is 7.77. The first kappa shape index (κ1) is 9.65.